The zero-order valence-corrected chi connectivity index (χ0v) is 13.8. The Bertz CT molecular complexity index is 847. The summed E-state index contributed by atoms with van der Waals surface area (Å²) < 4.78 is 10.4. The van der Waals surface area contributed by atoms with Gasteiger partial charge in [-0.2, -0.15) is 0 Å². The summed E-state index contributed by atoms with van der Waals surface area (Å²) in [5, 5.41) is 49.8. The van der Waals surface area contributed by atoms with Crippen LogP contribution >= 0.6 is 0 Å². The van der Waals surface area contributed by atoms with Gasteiger partial charge in [-0.05, 0) is 17.7 Å². The van der Waals surface area contributed by atoms with Gasteiger partial charge < -0.3 is 35.0 Å². The van der Waals surface area contributed by atoms with Crippen LogP contribution in [0.5, 0.6) is 28.7 Å². The molecule has 8 nitrogen and oxygen atoms in total. The predicted octanol–water partition coefficient (Wildman–Crippen LogP) is 1.65. The summed E-state index contributed by atoms with van der Waals surface area (Å²) in [5.41, 5.74) is 0.524. The lowest BCUT2D eigenvalue weighted by atomic mass is 9.82. The molecular weight excluding hydrogens is 344 g/mol. The van der Waals surface area contributed by atoms with Crippen molar-refractivity contribution in [2.45, 2.75) is 24.5 Å². The zero-order valence-electron chi connectivity index (χ0n) is 13.8. The van der Waals surface area contributed by atoms with Crippen LogP contribution in [0.2, 0.25) is 0 Å². The van der Waals surface area contributed by atoms with Crippen molar-refractivity contribution in [2.24, 2.45) is 0 Å². The molecule has 0 fully saturated rings. The van der Waals surface area contributed by atoms with Gasteiger partial charge in [0.2, 0.25) is 0 Å². The molecule has 2 aromatic carbocycles. The Kier molecular flexibility index (Phi) is 4.52. The Morgan fingerprint density at radius 3 is 2.46 bits per heavy atom. The Balaban J connectivity index is 2.09. The van der Waals surface area contributed by atoms with Crippen LogP contribution in [0, 0.1) is 0 Å². The second kappa shape index (κ2) is 6.64. The van der Waals surface area contributed by atoms with Crippen molar-refractivity contribution >= 4 is 5.97 Å². The molecule has 0 unspecified atom stereocenters. The number of aromatic hydroxyl groups is 4. The summed E-state index contributed by atoms with van der Waals surface area (Å²) in [6.45, 7) is 0. The molecule has 0 aromatic heterocycles. The van der Waals surface area contributed by atoms with Gasteiger partial charge >= 0.3 is 5.97 Å². The van der Waals surface area contributed by atoms with Crippen molar-refractivity contribution in [3.63, 3.8) is 0 Å². The number of phenolic OH excluding ortho intramolecular Hbond substituents is 4. The molecular formula is C18H18O8. The van der Waals surface area contributed by atoms with E-state index in [1.165, 1.54) is 31.4 Å². The third-order valence-electron chi connectivity index (χ3n) is 4.39. The molecule has 0 radical (unpaired) electrons. The molecule has 0 saturated carbocycles. The van der Waals surface area contributed by atoms with E-state index in [9.17, 15) is 30.3 Å². The monoisotopic (exact) mass is 362 g/mol. The zero-order chi connectivity index (χ0) is 19.0. The minimum Gasteiger partial charge on any atom is -0.508 e. The van der Waals surface area contributed by atoms with Crippen LogP contribution in [-0.4, -0.2) is 44.7 Å². The lowest BCUT2D eigenvalue weighted by Gasteiger charge is -2.37. The number of aliphatic hydroxyl groups is 1. The molecule has 3 rings (SSSR count). The van der Waals surface area contributed by atoms with Crippen LogP contribution < -0.4 is 4.74 Å². The molecule has 1 aliphatic heterocycles. The highest BCUT2D eigenvalue weighted by Crippen LogP contribution is 2.49. The van der Waals surface area contributed by atoms with E-state index in [-0.39, 0.29) is 35.0 Å². The molecule has 26 heavy (non-hydrogen) atoms. The fraction of sp³-hybridized carbons (Fsp3) is 0.278. The number of aliphatic hydroxyl groups excluding tert-OH is 1. The summed E-state index contributed by atoms with van der Waals surface area (Å²) in [5.74, 6) is -2.66. The van der Waals surface area contributed by atoms with Gasteiger partial charge in [-0.1, -0.05) is 6.07 Å². The third kappa shape index (κ3) is 3.06. The maximum atomic E-state index is 11.8. The van der Waals surface area contributed by atoms with Gasteiger partial charge in [0.1, 0.15) is 23.4 Å². The van der Waals surface area contributed by atoms with Gasteiger partial charge in [0.05, 0.1) is 13.5 Å². The molecule has 0 aliphatic carbocycles. The highest BCUT2D eigenvalue weighted by molar-refractivity contribution is 5.71. The fourth-order valence-electron chi connectivity index (χ4n) is 3.12. The fourth-order valence-corrected chi connectivity index (χ4v) is 3.12. The van der Waals surface area contributed by atoms with Crippen LogP contribution in [0.3, 0.4) is 0 Å². The minimum atomic E-state index is -1.26. The van der Waals surface area contributed by atoms with Crippen molar-refractivity contribution in [1.29, 1.82) is 0 Å². The summed E-state index contributed by atoms with van der Waals surface area (Å²) in [6, 6.07) is 6.27. The molecule has 1 aliphatic rings. The predicted molar refractivity (Wildman–Crippen MR) is 88.3 cm³/mol. The Hall–Kier alpha value is -3.13. The van der Waals surface area contributed by atoms with Gasteiger partial charge in [-0.3, -0.25) is 4.79 Å². The molecule has 0 amide bonds. The van der Waals surface area contributed by atoms with Crippen molar-refractivity contribution in [3.8, 4) is 28.7 Å². The van der Waals surface area contributed by atoms with Crippen molar-refractivity contribution in [3.05, 3.63) is 41.5 Å². The number of hydrogen-bond acceptors (Lipinski definition) is 8. The largest absolute Gasteiger partial charge is 0.508 e. The van der Waals surface area contributed by atoms with Crippen LogP contribution in [0.1, 0.15) is 29.6 Å². The molecule has 0 saturated heterocycles. The summed E-state index contributed by atoms with van der Waals surface area (Å²) in [7, 11) is 1.21. The van der Waals surface area contributed by atoms with Crippen molar-refractivity contribution in [1.82, 2.24) is 0 Å². The third-order valence-corrected chi connectivity index (χ3v) is 4.39. The number of rotatable bonds is 3. The average Bonchev–Trinajstić information content (AvgIpc) is 2.59. The van der Waals surface area contributed by atoms with E-state index in [1.54, 1.807) is 0 Å². The van der Waals surface area contributed by atoms with Gasteiger partial charge in [-0.25, -0.2) is 0 Å². The molecule has 5 N–H and O–H groups in total. The molecule has 1 heterocycles. The first kappa shape index (κ1) is 17.7. The van der Waals surface area contributed by atoms with E-state index in [4.69, 9.17) is 4.74 Å². The van der Waals surface area contributed by atoms with Crippen LogP contribution in [-0.2, 0) is 9.53 Å². The first-order valence-electron chi connectivity index (χ1n) is 7.81. The topological polar surface area (TPSA) is 137 Å². The van der Waals surface area contributed by atoms with Crippen LogP contribution in [0.4, 0.5) is 0 Å². The highest BCUT2D eigenvalue weighted by Gasteiger charge is 2.41. The van der Waals surface area contributed by atoms with E-state index in [0.717, 1.165) is 6.07 Å². The van der Waals surface area contributed by atoms with Crippen molar-refractivity contribution < 1.29 is 39.8 Å². The number of carbonyl (C=O) groups is 1. The van der Waals surface area contributed by atoms with Crippen LogP contribution in [0.15, 0.2) is 30.3 Å². The smallest absolute Gasteiger partial charge is 0.306 e. The lowest BCUT2D eigenvalue weighted by Crippen LogP contribution is -2.35. The summed E-state index contributed by atoms with van der Waals surface area (Å²) in [4.78, 5) is 11.8. The van der Waals surface area contributed by atoms with E-state index in [0.29, 0.717) is 5.56 Å². The minimum absolute atomic E-state index is 0.0965. The standard InChI is InChI=1S/C18H18O8/c1-25-15(23)7-10-16-13(22)5-9(19)6-14(16)26-18(17(10)24)8-2-3-11(20)12(21)4-8/h2-6,10,17-22,24H,7H2,1H3/t10-,17+,18-/m1/s1. The first-order valence-corrected chi connectivity index (χ1v) is 7.81. The molecule has 0 spiro atoms. The van der Waals surface area contributed by atoms with Gasteiger partial charge in [0.15, 0.2) is 17.6 Å². The molecule has 0 bridgehead atoms. The van der Waals surface area contributed by atoms with E-state index in [2.05, 4.69) is 4.74 Å². The SMILES string of the molecule is COC(=O)C[C@@H]1c2c(O)cc(O)cc2O[C@H](c2ccc(O)c(O)c2)[C@H]1O. The maximum absolute atomic E-state index is 11.8. The number of fused-ring (bicyclic) bond motifs is 1. The molecule has 8 heteroatoms. The number of benzene rings is 2. The number of hydrogen-bond donors (Lipinski definition) is 5. The van der Waals surface area contributed by atoms with Gasteiger partial charge in [0.25, 0.3) is 0 Å². The molecule has 138 valence electrons. The van der Waals surface area contributed by atoms with Gasteiger partial charge in [-0.15, -0.1) is 0 Å². The first-order chi connectivity index (χ1) is 12.3. The Morgan fingerprint density at radius 2 is 1.81 bits per heavy atom. The number of ether oxygens (including phenoxy) is 2. The highest BCUT2D eigenvalue weighted by atomic mass is 16.5. The number of methoxy groups -OCH3 is 1. The maximum Gasteiger partial charge on any atom is 0.306 e. The number of carbonyl (C=O) groups excluding carboxylic acids is 1. The van der Waals surface area contributed by atoms with E-state index in [1.807, 2.05) is 0 Å². The van der Waals surface area contributed by atoms with Crippen molar-refractivity contribution in [2.75, 3.05) is 7.11 Å². The van der Waals surface area contributed by atoms with Gasteiger partial charge in [0, 0.05) is 23.6 Å². The quantitative estimate of drug-likeness (QED) is 0.411. The van der Waals surface area contributed by atoms with E-state index >= 15 is 0 Å². The Morgan fingerprint density at radius 1 is 1.08 bits per heavy atom. The molecule has 3 atom stereocenters. The van der Waals surface area contributed by atoms with E-state index < -0.39 is 29.8 Å². The lowest BCUT2D eigenvalue weighted by molar-refractivity contribution is -0.142. The second-order valence-corrected chi connectivity index (χ2v) is 6.04. The second-order valence-electron chi connectivity index (χ2n) is 6.04. The Labute approximate surface area is 148 Å². The number of phenols is 4. The molecule has 2 aromatic rings. The van der Waals surface area contributed by atoms with Crippen LogP contribution in [0.25, 0.3) is 0 Å². The average molecular weight is 362 g/mol. The number of esters is 1. The normalized spacial score (nSPS) is 21.5. The summed E-state index contributed by atoms with van der Waals surface area (Å²) >= 11 is 0. The summed E-state index contributed by atoms with van der Waals surface area (Å²) in [6.07, 6.45) is -2.50.